The molecule has 0 radical (unpaired) electrons. The summed E-state index contributed by atoms with van der Waals surface area (Å²) in [7, 11) is 0. The highest BCUT2D eigenvalue weighted by Crippen LogP contribution is 2.46. The van der Waals surface area contributed by atoms with Gasteiger partial charge in [0.2, 0.25) is 11.8 Å². The minimum Gasteiger partial charge on any atom is -0.352 e. The molecule has 2 N–H and O–H groups in total. The fourth-order valence-electron chi connectivity index (χ4n) is 1.99. The number of carbonyl (C=O) groups excluding carboxylic acids is 2. The number of anilines is 1. The van der Waals surface area contributed by atoms with Gasteiger partial charge in [-0.2, -0.15) is 0 Å². The van der Waals surface area contributed by atoms with E-state index in [0.717, 1.165) is 10.0 Å². The van der Waals surface area contributed by atoms with Crippen LogP contribution in [0.3, 0.4) is 0 Å². The molecule has 0 heterocycles. The molecule has 0 aliphatic heterocycles. The van der Waals surface area contributed by atoms with Gasteiger partial charge in [0.1, 0.15) is 5.41 Å². The van der Waals surface area contributed by atoms with E-state index < -0.39 is 5.41 Å². The molecule has 0 atom stereocenters. The van der Waals surface area contributed by atoms with Gasteiger partial charge in [-0.3, -0.25) is 9.59 Å². The molecule has 5 heteroatoms. The maximum atomic E-state index is 12.3. The van der Waals surface area contributed by atoms with Crippen molar-refractivity contribution in [1.29, 1.82) is 0 Å². The third-order valence-corrected chi connectivity index (χ3v) is 4.33. The highest BCUT2D eigenvalue weighted by Gasteiger charge is 2.56. The van der Waals surface area contributed by atoms with Gasteiger partial charge < -0.3 is 10.6 Å². The molecule has 1 aromatic rings. The van der Waals surface area contributed by atoms with E-state index in [0.29, 0.717) is 25.1 Å². The Morgan fingerprint density at radius 2 is 2.10 bits per heavy atom. The molecule has 0 bridgehead atoms. The summed E-state index contributed by atoms with van der Waals surface area (Å²) in [6, 6.07) is 5.56. The van der Waals surface area contributed by atoms with Crippen molar-refractivity contribution >= 4 is 33.4 Å². The Kier molecular flexibility index (Phi) is 4.28. The second kappa shape index (κ2) is 5.79. The third-order valence-electron chi connectivity index (χ3n) is 3.44. The number of amides is 2. The van der Waals surface area contributed by atoms with Gasteiger partial charge in [0.15, 0.2) is 0 Å². The molecule has 1 aliphatic carbocycles. The number of halogens is 1. The second-order valence-corrected chi connectivity index (χ2v) is 5.85. The largest absolute Gasteiger partial charge is 0.352 e. The molecular weight excluding hydrogens is 320 g/mol. The standard InChI is InChI=1S/C15H17BrN2O2/c1-3-8-17-13(19)15(6-7-15)14(20)18-11-4-5-12(16)10(2)9-11/h3-5,9H,1,6-8H2,2H3,(H,17,19)(H,18,20). The Morgan fingerprint density at radius 3 is 2.65 bits per heavy atom. The van der Waals surface area contributed by atoms with E-state index in [1.165, 1.54) is 0 Å². The van der Waals surface area contributed by atoms with E-state index in [1.807, 2.05) is 25.1 Å². The Bertz CT molecular complexity index is 565. The quantitative estimate of drug-likeness (QED) is 0.641. The molecule has 0 aromatic heterocycles. The van der Waals surface area contributed by atoms with Crippen LogP contribution < -0.4 is 10.6 Å². The van der Waals surface area contributed by atoms with E-state index >= 15 is 0 Å². The van der Waals surface area contributed by atoms with Crippen LogP contribution in [0, 0.1) is 12.3 Å². The van der Waals surface area contributed by atoms with Gasteiger partial charge in [-0.15, -0.1) is 6.58 Å². The summed E-state index contributed by atoms with van der Waals surface area (Å²) in [5.74, 6) is -0.454. The van der Waals surface area contributed by atoms with Crippen LogP contribution in [0.1, 0.15) is 18.4 Å². The van der Waals surface area contributed by atoms with Crippen LogP contribution in [-0.2, 0) is 9.59 Å². The number of nitrogens with one attached hydrogen (secondary N) is 2. The van der Waals surface area contributed by atoms with E-state index in [4.69, 9.17) is 0 Å². The Hall–Kier alpha value is -1.62. The van der Waals surface area contributed by atoms with Gasteiger partial charge in [0.05, 0.1) is 0 Å². The number of aryl methyl sites for hydroxylation is 1. The number of carbonyl (C=O) groups is 2. The summed E-state index contributed by atoms with van der Waals surface area (Å²) >= 11 is 3.41. The van der Waals surface area contributed by atoms with Crippen molar-refractivity contribution in [2.45, 2.75) is 19.8 Å². The van der Waals surface area contributed by atoms with E-state index in [-0.39, 0.29) is 11.8 Å². The van der Waals surface area contributed by atoms with Crippen LogP contribution in [0.4, 0.5) is 5.69 Å². The first kappa shape index (κ1) is 14.8. The zero-order valence-electron chi connectivity index (χ0n) is 11.3. The highest BCUT2D eigenvalue weighted by atomic mass is 79.9. The van der Waals surface area contributed by atoms with Crippen molar-refractivity contribution in [1.82, 2.24) is 5.32 Å². The average molecular weight is 337 g/mol. The summed E-state index contributed by atoms with van der Waals surface area (Å²) in [5.41, 5.74) is 0.839. The average Bonchev–Trinajstić information content (AvgIpc) is 3.22. The molecule has 1 aliphatic rings. The number of rotatable bonds is 5. The minimum absolute atomic E-state index is 0.219. The van der Waals surface area contributed by atoms with Gasteiger partial charge in [-0.1, -0.05) is 22.0 Å². The lowest BCUT2D eigenvalue weighted by Gasteiger charge is -2.15. The SMILES string of the molecule is C=CCNC(=O)C1(C(=O)Nc2ccc(Br)c(C)c2)CC1. The van der Waals surface area contributed by atoms with Gasteiger partial charge in [0.25, 0.3) is 0 Å². The smallest absolute Gasteiger partial charge is 0.240 e. The molecule has 0 unspecified atom stereocenters. The highest BCUT2D eigenvalue weighted by molar-refractivity contribution is 9.10. The molecule has 2 rings (SSSR count). The first-order valence-electron chi connectivity index (χ1n) is 6.46. The lowest BCUT2D eigenvalue weighted by molar-refractivity contribution is -0.134. The first-order chi connectivity index (χ1) is 9.49. The van der Waals surface area contributed by atoms with Gasteiger partial charge in [-0.25, -0.2) is 0 Å². The van der Waals surface area contributed by atoms with Gasteiger partial charge in [-0.05, 0) is 43.5 Å². The number of hydrogen-bond acceptors (Lipinski definition) is 2. The lowest BCUT2D eigenvalue weighted by Crippen LogP contribution is -2.40. The van der Waals surface area contributed by atoms with Crippen LogP contribution in [0.2, 0.25) is 0 Å². The number of benzene rings is 1. The summed E-state index contributed by atoms with van der Waals surface area (Å²) in [4.78, 5) is 24.3. The summed E-state index contributed by atoms with van der Waals surface area (Å²) < 4.78 is 0.986. The Morgan fingerprint density at radius 1 is 1.40 bits per heavy atom. The fourth-order valence-corrected chi connectivity index (χ4v) is 2.24. The summed E-state index contributed by atoms with van der Waals surface area (Å²) in [6.07, 6.45) is 2.79. The molecule has 0 spiro atoms. The van der Waals surface area contributed by atoms with Gasteiger partial charge >= 0.3 is 0 Å². The monoisotopic (exact) mass is 336 g/mol. The van der Waals surface area contributed by atoms with Crippen molar-refractivity contribution in [3.05, 3.63) is 40.9 Å². The first-order valence-corrected chi connectivity index (χ1v) is 7.26. The van der Waals surface area contributed by atoms with Crippen molar-refractivity contribution in [2.24, 2.45) is 5.41 Å². The van der Waals surface area contributed by atoms with Crippen molar-refractivity contribution < 1.29 is 9.59 Å². The zero-order valence-corrected chi connectivity index (χ0v) is 12.9. The molecule has 4 nitrogen and oxygen atoms in total. The minimum atomic E-state index is -0.899. The van der Waals surface area contributed by atoms with Crippen molar-refractivity contribution in [2.75, 3.05) is 11.9 Å². The topological polar surface area (TPSA) is 58.2 Å². The lowest BCUT2D eigenvalue weighted by atomic mass is 10.0. The predicted molar refractivity (Wildman–Crippen MR) is 82.4 cm³/mol. The summed E-state index contributed by atoms with van der Waals surface area (Å²) in [5, 5.41) is 5.52. The van der Waals surface area contributed by atoms with Gasteiger partial charge in [0, 0.05) is 16.7 Å². The van der Waals surface area contributed by atoms with Crippen molar-refractivity contribution in [3.63, 3.8) is 0 Å². The molecule has 0 saturated heterocycles. The van der Waals surface area contributed by atoms with Crippen LogP contribution in [0.15, 0.2) is 35.3 Å². The maximum Gasteiger partial charge on any atom is 0.240 e. The molecule has 1 aromatic carbocycles. The molecule has 106 valence electrons. The van der Waals surface area contributed by atoms with Crippen LogP contribution in [0.25, 0.3) is 0 Å². The fraction of sp³-hybridized carbons (Fsp3) is 0.333. The maximum absolute atomic E-state index is 12.3. The molecule has 2 amide bonds. The molecule has 1 saturated carbocycles. The normalized spacial score (nSPS) is 15.3. The van der Waals surface area contributed by atoms with Crippen LogP contribution >= 0.6 is 15.9 Å². The van der Waals surface area contributed by atoms with E-state index in [9.17, 15) is 9.59 Å². The predicted octanol–water partition coefficient (Wildman–Crippen LogP) is 2.78. The number of hydrogen-bond donors (Lipinski definition) is 2. The van der Waals surface area contributed by atoms with E-state index in [2.05, 4.69) is 33.1 Å². The van der Waals surface area contributed by atoms with E-state index in [1.54, 1.807) is 6.08 Å². The van der Waals surface area contributed by atoms with Crippen molar-refractivity contribution in [3.8, 4) is 0 Å². The third kappa shape index (κ3) is 2.93. The van der Waals surface area contributed by atoms with Crippen LogP contribution in [-0.4, -0.2) is 18.4 Å². The molecule has 1 fully saturated rings. The van der Waals surface area contributed by atoms with Crippen LogP contribution in [0.5, 0.6) is 0 Å². The summed E-state index contributed by atoms with van der Waals surface area (Å²) in [6.45, 7) is 5.87. The molecular formula is C15H17BrN2O2. The second-order valence-electron chi connectivity index (χ2n) is 5.00. The zero-order chi connectivity index (χ0) is 14.8. The molecule has 20 heavy (non-hydrogen) atoms. The Labute approximate surface area is 126 Å². The Balaban J connectivity index is 2.06.